The number of nitrogens with one attached hydrogen (secondary N) is 2. The number of amides is 1. The van der Waals surface area contributed by atoms with E-state index in [9.17, 15) is 4.79 Å². The summed E-state index contributed by atoms with van der Waals surface area (Å²) in [6.07, 6.45) is 3.21. The van der Waals surface area contributed by atoms with Crippen LogP contribution in [0.3, 0.4) is 0 Å². The topological polar surface area (TPSA) is 50.4 Å². The molecule has 0 unspecified atom stereocenters. The molecule has 0 saturated carbocycles. The zero-order chi connectivity index (χ0) is 18.1. The number of benzene rings is 2. The smallest absolute Gasteiger partial charge is 0.261 e. The summed E-state index contributed by atoms with van der Waals surface area (Å²) in [6.45, 7) is 2.74. The van der Waals surface area contributed by atoms with Crippen LogP contribution in [0.5, 0.6) is 5.75 Å². The highest BCUT2D eigenvalue weighted by Gasteiger charge is 2.13. The molecular weight excluding hydrogens is 447 g/mol. The Morgan fingerprint density at radius 3 is 2.56 bits per heavy atom. The van der Waals surface area contributed by atoms with Gasteiger partial charge in [-0.25, -0.2) is 0 Å². The van der Waals surface area contributed by atoms with E-state index >= 15 is 0 Å². The Kier molecular flexibility index (Phi) is 8.14. The van der Waals surface area contributed by atoms with E-state index < -0.39 is 0 Å². The molecule has 2 rings (SSSR count). The number of carbonyl (C=O) groups excluding carboxylic acids is 1. The molecule has 0 aliphatic heterocycles. The second-order valence-corrected chi connectivity index (χ2v) is 7.12. The van der Waals surface area contributed by atoms with Crippen LogP contribution in [0, 0.1) is 3.57 Å². The molecule has 2 aromatic rings. The molecule has 0 fully saturated rings. The molecule has 0 atom stereocenters. The lowest BCUT2D eigenvalue weighted by Crippen LogP contribution is -2.34. The molecule has 0 spiro atoms. The first-order chi connectivity index (χ1) is 12.1. The van der Waals surface area contributed by atoms with Crippen LogP contribution in [0.25, 0.3) is 0 Å². The molecule has 0 bridgehead atoms. The average Bonchev–Trinajstić information content (AvgIpc) is 2.61. The first kappa shape index (κ1) is 19.7. The Labute approximate surface area is 167 Å². The van der Waals surface area contributed by atoms with Crippen LogP contribution >= 0.6 is 34.8 Å². The Morgan fingerprint density at radius 2 is 1.84 bits per heavy atom. The second kappa shape index (κ2) is 10.4. The molecule has 25 heavy (non-hydrogen) atoms. The lowest BCUT2D eigenvalue weighted by atomic mass is 10.2. The molecule has 132 valence electrons. The SMILES string of the molecule is CCCCCOc1ccccc1C(=O)NC(=S)Nc1ccc(I)cc1. The quantitative estimate of drug-likeness (QED) is 0.342. The van der Waals surface area contributed by atoms with Crippen molar-refractivity contribution in [2.75, 3.05) is 11.9 Å². The van der Waals surface area contributed by atoms with Crippen molar-refractivity contribution in [1.82, 2.24) is 5.32 Å². The minimum Gasteiger partial charge on any atom is -0.493 e. The maximum absolute atomic E-state index is 12.5. The van der Waals surface area contributed by atoms with E-state index in [0.717, 1.165) is 28.5 Å². The number of hydrogen-bond acceptors (Lipinski definition) is 3. The maximum atomic E-state index is 12.5. The zero-order valence-corrected chi connectivity index (χ0v) is 17.0. The van der Waals surface area contributed by atoms with Gasteiger partial charge in [0.2, 0.25) is 0 Å². The van der Waals surface area contributed by atoms with Gasteiger partial charge in [-0.1, -0.05) is 31.9 Å². The van der Waals surface area contributed by atoms with Crippen LogP contribution in [0.2, 0.25) is 0 Å². The summed E-state index contributed by atoms with van der Waals surface area (Å²) in [4.78, 5) is 12.5. The summed E-state index contributed by atoms with van der Waals surface area (Å²) in [5, 5.41) is 5.96. The standard InChI is InChI=1S/C19H21IN2O2S/c1-2-3-6-13-24-17-8-5-4-7-16(17)18(23)22-19(25)21-15-11-9-14(20)10-12-15/h4-5,7-12H,2-3,6,13H2,1H3,(H2,21,22,23,25). The van der Waals surface area contributed by atoms with E-state index in [-0.39, 0.29) is 11.0 Å². The Morgan fingerprint density at radius 1 is 1.12 bits per heavy atom. The number of hydrogen-bond donors (Lipinski definition) is 2. The third-order valence-corrected chi connectivity index (χ3v) is 4.39. The maximum Gasteiger partial charge on any atom is 0.261 e. The summed E-state index contributed by atoms with van der Waals surface area (Å²) in [5.74, 6) is 0.294. The second-order valence-electron chi connectivity index (χ2n) is 5.47. The van der Waals surface area contributed by atoms with Crippen LogP contribution in [-0.4, -0.2) is 17.6 Å². The Balaban J connectivity index is 1.95. The molecule has 2 aromatic carbocycles. The molecule has 0 heterocycles. The van der Waals surface area contributed by atoms with Crippen molar-refractivity contribution < 1.29 is 9.53 Å². The van der Waals surface area contributed by atoms with Crippen molar-refractivity contribution in [3.8, 4) is 5.75 Å². The minimum absolute atomic E-state index is 0.256. The summed E-state index contributed by atoms with van der Waals surface area (Å²) in [7, 11) is 0. The van der Waals surface area contributed by atoms with E-state index in [0.29, 0.717) is 17.9 Å². The number of unbranched alkanes of at least 4 members (excludes halogenated alkanes) is 2. The molecule has 4 nitrogen and oxygen atoms in total. The average molecular weight is 468 g/mol. The molecule has 2 N–H and O–H groups in total. The van der Waals surface area contributed by atoms with Gasteiger partial charge in [-0.05, 0) is 77.6 Å². The molecular formula is C19H21IN2O2S. The van der Waals surface area contributed by atoms with Crippen molar-refractivity contribution in [2.24, 2.45) is 0 Å². The number of halogens is 1. The van der Waals surface area contributed by atoms with E-state index in [1.807, 2.05) is 36.4 Å². The van der Waals surface area contributed by atoms with Gasteiger partial charge >= 0.3 is 0 Å². The predicted molar refractivity (Wildman–Crippen MR) is 114 cm³/mol. The Hall–Kier alpha value is -1.67. The first-order valence-electron chi connectivity index (χ1n) is 8.20. The van der Waals surface area contributed by atoms with Gasteiger partial charge in [0.25, 0.3) is 5.91 Å². The fourth-order valence-electron chi connectivity index (χ4n) is 2.18. The van der Waals surface area contributed by atoms with Crippen LogP contribution in [0.4, 0.5) is 5.69 Å². The highest BCUT2D eigenvalue weighted by Crippen LogP contribution is 2.18. The highest BCUT2D eigenvalue weighted by atomic mass is 127. The minimum atomic E-state index is -0.283. The van der Waals surface area contributed by atoms with Gasteiger partial charge in [-0.3, -0.25) is 10.1 Å². The fourth-order valence-corrected chi connectivity index (χ4v) is 2.75. The monoisotopic (exact) mass is 468 g/mol. The normalized spacial score (nSPS) is 10.2. The third kappa shape index (κ3) is 6.62. The summed E-state index contributed by atoms with van der Waals surface area (Å²) < 4.78 is 6.88. The molecule has 0 saturated heterocycles. The Bertz CT molecular complexity index is 720. The fraction of sp³-hybridized carbons (Fsp3) is 0.263. The predicted octanol–water partition coefficient (Wildman–Crippen LogP) is 4.99. The van der Waals surface area contributed by atoms with Gasteiger partial charge in [-0.2, -0.15) is 0 Å². The van der Waals surface area contributed by atoms with Crippen LogP contribution in [0.1, 0.15) is 36.5 Å². The number of rotatable bonds is 7. The number of thiocarbonyl (C=S) groups is 1. The number of anilines is 1. The zero-order valence-electron chi connectivity index (χ0n) is 14.0. The van der Waals surface area contributed by atoms with Crippen LogP contribution in [0.15, 0.2) is 48.5 Å². The summed E-state index contributed by atoms with van der Waals surface area (Å²) in [6, 6.07) is 14.9. The third-order valence-electron chi connectivity index (χ3n) is 3.47. The molecule has 0 aliphatic carbocycles. The number of para-hydroxylation sites is 1. The summed E-state index contributed by atoms with van der Waals surface area (Å²) in [5.41, 5.74) is 1.31. The number of carbonyl (C=O) groups is 1. The van der Waals surface area contributed by atoms with Crippen LogP contribution in [-0.2, 0) is 0 Å². The van der Waals surface area contributed by atoms with Gasteiger partial charge in [-0.15, -0.1) is 0 Å². The van der Waals surface area contributed by atoms with E-state index in [1.54, 1.807) is 12.1 Å². The lowest BCUT2D eigenvalue weighted by Gasteiger charge is -2.13. The van der Waals surface area contributed by atoms with Crippen molar-refractivity contribution in [1.29, 1.82) is 0 Å². The summed E-state index contributed by atoms with van der Waals surface area (Å²) >= 11 is 7.46. The van der Waals surface area contributed by atoms with Crippen molar-refractivity contribution in [2.45, 2.75) is 26.2 Å². The van der Waals surface area contributed by atoms with Crippen molar-refractivity contribution in [3.05, 3.63) is 57.7 Å². The molecule has 0 radical (unpaired) electrons. The van der Waals surface area contributed by atoms with E-state index in [4.69, 9.17) is 17.0 Å². The van der Waals surface area contributed by atoms with E-state index in [2.05, 4.69) is 40.1 Å². The molecule has 6 heteroatoms. The van der Waals surface area contributed by atoms with Crippen molar-refractivity contribution in [3.63, 3.8) is 0 Å². The van der Waals surface area contributed by atoms with Crippen LogP contribution < -0.4 is 15.4 Å². The lowest BCUT2D eigenvalue weighted by molar-refractivity contribution is 0.0973. The van der Waals surface area contributed by atoms with Gasteiger partial charge in [0, 0.05) is 9.26 Å². The van der Waals surface area contributed by atoms with Crippen molar-refractivity contribution >= 4 is 51.5 Å². The molecule has 0 aromatic heterocycles. The first-order valence-corrected chi connectivity index (χ1v) is 9.68. The highest BCUT2D eigenvalue weighted by molar-refractivity contribution is 14.1. The van der Waals surface area contributed by atoms with Gasteiger partial charge in [0.1, 0.15) is 5.75 Å². The van der Waals surface area contributed by atoms with E-state index in [1.165, 1.54) is 0 Å². The molecule has 1 amide bonds. The largest absolute Gasteiger partial charge is 0.493 e. The number of ether oxygens (including phenoxy) is 1. The van der Waals surface area contributed by atoms with Gasteiger partial charge < -0.3 is 10.1 Å². The van der Waals surface area contributed by atoms with Gasteiger partial charge in [0.05, 0.1) is 12.2 Å². The molecule has 0 aliphatic rings. The van der Waals surface area contributed by atoms with Gasteiger partial charge in [0.15, 0.2) is 5.11 Å².